The van der Waals surface area contributed by atoms with Gasteiger partial charge in [0.1, 0.15) is 0 Å². The Morgan fingerprint density at radius 3 is 1.18 bits per heavy atom. The largest absolute Gasteiger partial charge is 0.462 e. The highest BCUT2D eigenvalue weighted by Crippen LogP contribution is 1.98. The van der Waals surface area contributed by atoms with Crippen LogP contribution in [0.15, 0.2) is 17.6 Å². The molecule has 0 aliphatic carbocycles. The molecule has 0 N–H and O–H groups in total. The van der Waals surface area contributed by atoms with Gasteiger partial charge in [0.05, 0.1) is 34.2 Å². The molecule has 0 aromatic rings. The van der Waals surface area contributed by atoms with Crippen LogP contribution in [-0.2, 0) is 18.9 Å². The molecule has 0 amide bonds. The standard InChI is InChI=1S/C7H12O4/c1-8-6(9-2)5-7(10-3)11-4/h1-4H3. The quantitative estimate of drug-likeness (QED) is 0.451. The van der Waals surface area contributed by atoms with Crippen molar-refractivity contribution in [3.8, 4) is 0 Å². The van der Waals surface area contributed by atoms with E-state index in [2.05, 4.69) is 5.73 Å². The summed E-state index contributed by atoms with van der Waals surface area (Å²) in [6.07, 6.45) is 0. The van der Waals surface area contributed by atoms with Crippen LogP contribution in [0.1, 0.15) is 0 Å². The maximum Gasteiger partial charge on any atom is 0.334 e. The molecule has 0 rings (SSSR count). The van der Waals surface area contributed by atoms with Gasteiger partial charge in [-0.1, -0.05) is 0 Å². The van der Waals surface area contributed by atoms with Crippen LogP contribution in [-0.4, -0.2) is 28.4 Å². The number of hydrogen-bond acceptors (Lipinski definition) is 4. The molecule has 64 valence electrons. The van der Waals surface area contributed by atoms with E-state index in [0.29, 0.717) is 0 Å². The van der Waals surface area contributed by atoms with Crippen molar-refractivity contribution < 1.29 is 18.9 Å². The first-order chi connectivity index (χ1) is 5.28. The van der Waals surface area contributed by atoms with Gasteiger partial charge in [0.2, 0.25) is 0 Å². The van der Waals surface area contributed by atoms with Crippen molar-refractivity contribution >= 4 is 0 Å². The Kier molecular flexibility index (Phi) is 4.86. The highest BCUT2D eigenvalue weighted by Gasteiger charge is 1.94. The van der Waals surface area contributed by atoms with Crippen molar-refractivity contribution in [3.63, 3.8) is 0 Å². The molecule has 0 bridgehead atoms. The number of hydrogen-bond donors (Lipinski definition) is 0. The van der Waals surface area contributed by atoms with Crippen molar-refractivity contribution in [2.45, 2.75) is 0 Å². The highest BCUT2D eigenvalue weighted by atomic mass is 16.7. The summed E-state index contributed by atoms with van der Waals surface area (Å²) in [7, 11) is 5.87. The normalized spacial score (nSPS) is 7.64. The van der Waals surface area contributed by atoms with Crippen LogP contribution in [0.5, 0.6) is 0 Å². The van der Waals surface area contributed by atoms with E-state index < -0.39 is 0 Å². The minimum atomic E-state index is 0.212. The first-order valence-corrected chi connectivity index (χ1v) is 2.95. The molecule has 0 unspecified atom stereocenters. The zero-order valence-electron chi connectivity index (χ0n) is 7.13. The molecule has 0 saturated carbocycles. The predicted octanol–water partition coefficient (Wildman–Crippen LogP) is 0.854. The van der Waals surface area contributed by atoms with Crippen molar-refractivity contribution in [2.75, 3.05) is 28.4 Å². The Hall–Kier alpha value is -1.28. The fourth-order valence-electron chi connectivity index (χ4n) is 0.454. The minimum absolute atomic E-state index is 0.212. The molecular weight excluding hydrogens is 148 g/mol. The second-order valence-electron chi connectivity index (χ2n) is 1.52. The monoisotopic (exact) mass is 160 g/mol. The summed E-state index contributed by atoms with van der Waals surface area (Å²) >= 11 is 0. The number of methoxy groups -OCH3 is 4. The van der Waals surface area contributed by atoms with Gasteiger partial charge in [-0.2, -0.15) is 0 Å². The third kappa shape index (κ3) is 3.43. The summed E-state index contributed by atoms with van der Waals surface area (Å²) in [6.45, 7) is 0. The van der Waals surface area contributed by atoms with Crippen LogP contribution >= 0.6 is 0 Å². The fourth-order valence-corrected chi connectivity index (χ4v) is 0.454. The van der Waals surface area contributed by atoms with Crippen LogP contribution < -0.4 is 0 Å². The van der Waals surface area contributed by atoms with Gasteiger partial charge in [0.15, 0.2) is 0 Å². The lowest BCUT2D eigenvalue weighted by molar-refractivity contribution is 0.0768. The summed E-state index contributed by atoms with van der Waals surface area (Å²) in [6, 6.07) is 0. The summed E-state index contributed by atoms with van der Waals surface area (Å²) in [5, 5.41) is 0. The Morgan fingerprint density at radius 2 is 1.00 bits per heavy atom. The van der Waals surface area contributed by atoms with Gasteiger partial charge >= 0.3 is 11.9 Å². The van der Waals surface area contributed by atoms with E-state index in [0.717, 1.165) is 0 Å². The molecule has 0 heterocycles. The first kappa shape index (κ1) is 9.72. The molecule has 0 aromatic heterocycles. The maximum atomic E-state index is 4.74. The molecule has 0 fully saturated rings. The molecule has 0 saturated heterocycles. The van der Waals surface area contributed by atoms with E-state index in [1.54, 1.807) is 0 Å². The molecule has 11 heavy (non-hydrogen) atoms. The lowest BCUT2D eigenvalue weighted by Crippen LogP contribution is -1.91. The second kappa shape index (κ2) is 5.50. The molecule has 0 aromatic carbocycles. The predicted molar refractivity (Wildman–Crippen MR) is 38.6 cm³/mol. The van der Waals surface area contributed by atoms with Gasteiger partial charge in [-0.25, -0.2) is 0 Å². The minimum Gasteiger partial charge on any atom is -0.462 e. The van der Waals surface area contributed by atoms with Crippen LogP contribution in [0.2, 0.25) is 0 Å². The van der Waals surface area contributed by atoms with Crippen molar-refractivity contribution in [2.24, 2.45) is 0 Å². The van der Waals surface area contributed by atoms with Gasteiger partial charge in [-0.3, -0.25) is 0 Å². The molecule has 4 nitrogen and oxygen atoms in total. The average Bonchev–Trinajstić information content (AvgIpc) is 2.07. The number of ether oxygens (including phenoxy) is 4. The van der Waals surface area contributed by atoms with Crippen LogP contribution in [0.4, 0.5) is 0 Å². The SMILES string of the molecule is COC(=C=C(OC)OC)OC. The van der Waals surface area contributed by atoms with Crippen LogP contribution in [0.25, 0.3) is 0 Å². The Labute approximate surface area is 66.0 Å². The lowest BCUT2D eigenvalue weighted by Gasteiger charge is -2.01. The molecule has 0 radical (unpaired) electrons. The highest BCUT2D eigenvalue weighted by molar-refractivity contribution is 4.86. The van der Waals surface area contributed by atoms with Gasteiger partial charge in [-0.15, -0.1) is 0 Å². The molecule has 0 spiro atoms. The van der Waals surface area contributed by atoms with Crippen molar-refractivity contribution in [1.82, 2.24) is 0 Å². The first-order valence-electron chi connectivity index (χ1n) is 2.95. The summed E-state index contributed by atoms with van der Waals surface area (Å²) < 4.78 is 18.9. The second-order valence-corrected chi connectivity index (χ2v) is 1.52. The Bertz CT molecular complexity index is 139. The Morgan fingerprint density at radius 1 is 0.727 bits per heavy atom. The smallest absolute Gasteiger partial charge is 0.334 e. The third-order valence-electron chi connectivity index (χ3n) is 0.946. The van der Waals surface area contributed by atoms with Gasteiger partial charge in [-0.05, 0) is 0 Å². The van der Waals surface area contributed by atoms with Gasteiger partial charge < -0.3 is 18.9 Å². The van der Waals surface area contributed by atoms with Crippen molar-refractivity contribution in [3.05, 3.63) is 17.6 Å². The molecule has 0 aliphatic rings. The topological polar surface area (TPSA) is 36.9 Å². The van der Waals surface area contributed by atoms with Crippen LogP contribution in [0, 0.1) is 0 Å². The van der Waals surface area contributed by atoms with E-state index >= 15 is 0 Å². The summed E-state index contributed by atoms with van der Waals surface area (Å²) in [4.78, 5) is 0. The molecule has 0 aliphatic heterocycles. The van der Waals surface area contributed by atoms with Crippen molar-refractivity contribution in [1.29, 1.82) is 0 Å². The van der Waals surface area contributed by atoms with E-state index in [4.69, 9.17) is 18.9 Å². The van der Waals surface area contributed by atoms with E-state index in [1.807, 2.05) is 0 Å². The zero-order chi connectivity index (χ0) is 8.69. The molecule has 0 atom stereocenters. The lowest BCUT2D eigenvalue weighted by atomic mass is 10.8. The van der Waals surface area contributed by atoms with E-state index in [-0.39, 0.29) is 11.9 Å². The summed E-state index contributed by atoms with van der Waals surface area (Å²) in [5.41, 5.74) is 2.60. The summed E-state index contributed by atoms with van der Waals surface area (Å²) in [5.74, 6) is 0.424. The average molecular weight is 160 g/mol. The molecule has 4 heteroatoms. The third-order valence-corrected chi connectivity index (χ3v) is 0.946. The fraction of sp³-hybridized carbons (Fsp3) is 0.571. The van der Waals surface area contributed by atoms with Crippen LogP contribution in [0.3, 0.4) is 0 Å². The Balaban J connectivity index is 4.49. The molecular formula is C7H12O4. The maximum absolute atomic E-state index is 4.74. The van der Waals surface area contributed by atoms with E-state index in [9.17, 15) is 0 Å². The van der Waals surface area contributed by atoms with E-state index in [1.165, 1.54) is 28.4 Å². The zero-order valence-corrected chi connectivity index (χ0v) is 7.13. The van der Waals surface area contributed by atoms with Gasteiger partial charge in [0.25, 0.3) is 0 Å². The van der Waals surface area contributed by atoms with Gasteiger partial charge in [0, 0.05) is 0 Å². The number of rotatable bonds is 4.